The lowest BCUT2D eigenvalue weighted by atomic mass is 9.86. The maximum atomic E-state index is 11.8. The Kier molecular flexibility index (Phi) is 13.1. The smallest absolute Gasteiger partial charge is 0.308 e. The van der Waals surface area contributed by atoms with Gasteiger partial charge in [-0.1, -0.05) is 25.7 Å². The second kappa shape index (κ2) is 14.4. The third-order valence-electron chi connectivity index (χ3n) is 5.46. The molecular weight excluding hydrogens is 457 g/mol. The minimum Gasteiger partial charge on any atom is -0.466 e. The molecule has 0 spiro atoms. The molecule has 2 aliphatic rings. The van der Waals surface area contributed by atoms with Gasteiger partial charge in [-0.3, -0.25) is 9.79 Å². The number of rotatable bonds is 7. The van der Waals surface area contributed by atoms with E-state index in [1.807, 2.05) is 6.92 Å². The molecule has 0 amide bonds. The van der Waals surface area contributed by atoms with Gasteiger partial charge in [-0.25, -0.2) is 0 Å². The van der Waals surface area contributed by atoms with Gasteiger partial charge >= 0.3 is 5.97 Å². The van der Waals surface area contributed by atoms with Crippen molar-refractivity contribution in [3.05, 3.63) is 0 Å². The Labute approximate surface area is 181 Å². The third kappa shape index (κ3) is 9.45. The highest BCUT2D eigenvalue weighted by molar-refractivity contribution is 14.0. The first kappa shape index (κ1) is 24.5. The molecule has 0 aliphatic heterocycles. The summed E-state index contributed by atoms with van der Waals surface area (Å²) in [6.45, 7) is 3.83. The summed E-state index contributed by atoms with van der Waals surface area (Å²) in [6.07, 6.45) is 11.9. The molecule has 0 heterocycles. The van der Waals surface area contributed by atoms with Gasteiger partial charge in [-0.2, -0.15) is 0 Å². The number of nitrogens with one attached hydrogen (secondary N) is 2. The Balaban J connectivity index is 0.00000364. The number of carbonyl (C=O) groups excluding carboxylic acids is 1. The normalized spacial score (nSPS) is 24.4. The van der Waals surface area contributed by atoms with Gasteiger partial charge in [0.25, 0.3) is 0 Å². The predicted octanol–water partition coefficient (Wildman–Crippen LogP) is 3.63. The van der Waals surface area contributed by atoms with E-state index in [0.717, 1.165) is 44.8 Å². The van der Waals surface area contributed by atoms with Crippen LogP contribution in [0, 0.1) is 5.92 Å². The van der Waals surface area contributed by atoms with Crippen molar-refractivity contribution in [2.24, 2.45) is 10.9 Å². The number of ether oxygens (including phenoxy) is 2. The van der Waals surface area contributed by atoms with Crippen LogP contribution in [-0.2, 0) is 14.3 Å². The summed E-state index contributed by atoms with van der Waals surface area (Å²) >= 11 is 0. The standard InChI is InChI=1S/C20H37N3O3.HI/c1-3-25-19(24)16-10-12-17(13-11-16)23-20(21-2)22-14-15-26-18-8-6-4-5-7-9-18;/h16-18H,3-15H2,1-2H3,(H2,21,22,23);1H. The quantitative estimate of drug-likeness (QED) is 0.141. The van der Waals surface area contributed by atoms with Crippen LogP contribution in [0.1, 0.15) is 71.1 Å². The molecule has 7 heteroatoms. The van der Waals surface area contributed by atoms with E-state index in [1.54, 1.807) is 7.05 Å². The molecule has 0 saturated heterocycles. The average Bonchev–Trinajstić information content (AvgIpc) is 2.93. The summed E-state index contributed by atoms with van der Waals surface area (Å²) in [5, 5.41) is 6.83. The van der Waals surface area contributed by atoms with Gasteiger partial charge in [-0.15, -0.1) is 24.0 Å². The van der Waals surface area contributed by atoms with Gasteiger partial charge in [0.1, 0.15) is 0 Å². The summed E-state index contributed by atoms with van der Waals surface area (Å²) < 4.78 is 11.1. The van der Waals surface area contributed by atoms with Crippen molar-refractivity contribution in [3.63, 3.8) is 0 Å². The number of guanidine groups is 1. The van der Waals surface area contributed by atoms with E-state index >= 15 is 0 Å². The lowest BCUT2D eigenvalue weighted by Crippen LogP contribution is -2.46. The van der Waals surface area contributed by atoms with Gasteiger partial charge < -0.3 is 20.1 Å². The zero-order valence-corrected chi connectivity index (χ0v) is 19.3. The lowest BCUT2D eigenvalue weighted by molar-refractivity contribution is -0.149. The predicted molar refractivity (Wildman–Crippen MR) is 120 cm³/mol. The molecule has 27 heavy (non-hydrogen) atoms. The molecule has 0 atom stereocenters. The van der Waals surface area contributed by atoms with Gasteiger partial charge in [0.05, 0.1) is 25.2 Å². The van der Waals surface area contributed by atoms with E-state index in [9.17, 15) is 4.79 Å². The molecule has 2 rings (SSSR count). The molecule has 0 aromatic carbocycles. The summed E-state index contributed by atoms with van der Waals surface area (Å²) in [6, 6.07) is 0.370. The Morgan fingerprint density at radius 2 is 1.70 bits per heavy atom. The van der Waals surface area contributed by atoms with Crippen molar-refractivity contribution in [2.45, 2.75) is 83.3 Å². The van der Waals surface area contributed by atoms with Crippen LogP contribution in [0.15, 0.2) is 4.99 Å². The van der Waals surface area contributed by atoms with Crippen LogP contribution in [0.2, 0.25) is 0 Å². The van der Waals surface area contributed by atoms with E-state index in [-0.39, 0.29) is 35.9 Å². The molecule has 0 aromatic heterocycles. The van der Waals surface area contributed by atoms with Crippen LogP contribution in [-0.4, -0.2) is 50.9 Å². The SMILES string of the molecule is CCOC(=O)C1CCC(NC(=NC)NCCOC2CCCCCC2)CC1.I. The number of hydrogen-bond acceptors (Lipinski definition) is 4. The van der Waals surface area contributed by atoms with Gasteiger partial charge in [0.2, 0.25) is 0 Å². The molecule has 0 bridgehead atoms. The van der Waals surface area contributed by atoms with Gasteiger partial charge in [0, 0.05) is 19.6 Å². The Morgan fingerprint density at radius 3 is 2.30 bits per heavy atom. The highest BCUT2D eigenvalue weighted by Gasteiger charge is 2.27. The van der Waals surface area contributed by atoms with Crippen LogP contribution in [0.3, 0.4) is 0 Å². The molecule has 2 aliphatic carbocycles. The van der Waals surface area contributed by atoms with E-state index in [1.165, 1.54) is 38.5 Å². The second-order valence-corrected chi connectivity index (χ2v) is 7.43. The summed E-state index contributed by atoms with van der Waals surface area (Å²) in [5.41, 5.74) is 0. The topological polar surface area (TPSA) is 72.0 Å². The molecule has 158 valence electrons. The first-order valence-electron chi connectivity index (χ1n) is 10.5. The number of esters is 1. The fraction of sp³-hybridized carbons (Fsp3) is 0.900. The minimum absolute atomic E-state index is 0. The monoisotopic (exact) mass is 495 g/mol. The Morgan fingerprint density at radius 1 is 1.04 bits per heavy atom. The second-order valence-electron chi connectivity index (χ2n) is 7.43. The maximum absolute atomic E-state index is 11.8. The molecule has 2 saturated carbocycles. The summed E-state index contributed by atoms with van der Waals surface area (Å²) in [4.78, 5) is 16.1. The number of nitrogens with zero attached hydrogens (tertiary/aromatic N) is 1. The Hall–Kier alpha value is -0.570. The molecule has 2 fully saturated rings. The number of halogens is 1. The van der Waals surface area contributed by atoms with E-state index in [2.05, 4.69) is 15.6 Å². The minimum atomic E-state index is -0.0379. The number of hydrogen-bond donors (Lipinski definition) is 2. The van der Waals surface area contributed by atoms with Gasteiger partial charge in [-0.05, 0) is 45.4 Å². The summed E-state index contributed by atoms with van der Waals surface area (Å²) in [7, 11) is 1.80. The van der Waals surface area contributed by atoms with Crippen LogP contribution < -0.4 is 10.6 Å². The maximum Gasteiger partial charge on any atom is 0.308 e. The molecule has 6 nitrogen and oxygen atoms in total. The largest absolute Gasteiger partial charge is 0.466 e. The van der Waals surface area contributed by atoms with E-state index < -0.39 is 0 Å². The molecule has 0 aromatic rings. The number of carbonyl (C=O) groups is 1. The van der Waals surface area contributed by atoms with Crippen molar-refractivity contribution < 1.29 is 14.3 Å². The third-order valence-corrected chi connectivity index (χ3v) is 5.46. The summed E-state index contributed by atoms with van der Waals surface area (Å²) in [5.74, 6) is 0.856. The fourth-order valence-corrected chi connectivity index (χ4v) is 3.93. The molecule has 0 radical (unpaired) electrons. The average molecular weight is 495 g/mol. The molecule has 0 unspecified atom stereocenters. The molecule has 2 N–H and O–H groups in total. The fourth-order valence-electron chi connectivity index (χ4n) is 3.93. The lowest BCUT2D eigenvalue weighted by Gasteiger charge is -2.29. The van der Waals surface area contributed by atoms with Crippen LogP contribution in [0.4, 0.5) is 0 Å². The van der Waals surface area contributed by atoms with Crippen LogP contribution in [0.25, 0.3) is 0 Å². The van der Waals surface area contributed by atoms with Gasteiger partial charge in [0.15, 0.2) is 5.96 Å². The van der Waals surface area contributed by atoms with E-state index in [4.69, 9.17) is 9.47 Å². The van der Waals surface area contributed by atoms with Crippen molar-refractivity contribution in [3.8, 4) is 0 Å². The zero-order valence-electron chi connectivity index (χ0n) is 17.0. The highest BCUT2D eigenvalue weighted by atomic mass is 127. The van der Waals surface area contributed by atoms with Crippen molar-refractivity contribution >= 4 is 35.9 Å². The van der Waals surface area contributed by atoms with E-state index in [0.29, 0.717) is 18.8 Å². The zero-order chi connectivity index (χ0) is 18.6. The van der Waals surface area contributed by atoms with Crippen molar-refractivity contribution in [2.75, 3.05) is 26.8 Å². The number of aliphatic imine (C=N–C) groups is 1. The molecular formula is C20H38IN3O3. The van der Waals surface area contributed by atoms with Crippen molar-refractivity contribution in [1.29, 1.82) is 0 Å². The van der Waals surface area contributed by atoms with Crippen LogP contribution >= 0.6 is 24.0 Å². The highest BCUT2D eigenvalue weighted by Crippen LogP contribution is 2.25. The first-order valence-corrected chi connectivity index (χ1v) is 10.5. The van der Waals surface area contributed by atoms with Crippen LogP contribution in [0.5, 0.6) is 0 Å². The Bertz CT molecular complexity index is 432. The van der Waals surface area contributed by atoms with Crippen molar-refractivity contribution in [1.82, 2.24) is 10.6 Å². The first-order chi connectivity index (χ1) is 12.7.